The molecule has 0 aromatic carbocycles. The van der Waals surface area contributed by atoms with Crippen molar-refractivity contribution in [1.82, 2.24) is 20.4 Å². The van der Waals surface area contributed by atoms with Gasteiger partial charge in [-0.1, -0.05) is 0 Å². The van der Waals surface area contributed by atoms with E-state index in [0.717, 1.165) is 38.5 Å². The average Bonchev–Trinajstić information content (AvgIpc) is 3.16. The van der Waals surface area contributed by atoms with Crippen LogP contribution >= 0.6 is 0 Å². The first-order valence-electron chi connectivity index (χ1n) is 8.66. The smallest absolute Gasteiger partial charge is 0.237 e. The molecule has 120 valence electrons. The van der Waals surface area contributed by atoms with Gasteiger partial charge in [0.2, 0.25) is 5.91 Å². The van der Waals surface area contributed by atoms with Crippen LogP contribution in [0.5, 0.6) is 0 Å². The fourth-order valence-corrected chi connectivity index (χ4v) is 4.08. The Balaban J connectivity index is 1.42. The van der Waals surface area contributed by atoms with Crippen molar-refractivity contribution < 1.29 is 4.79 Å². The summed E-state index contributed by atoms with van der Waals surface area (Å²) in [5.41, 5.74) is 0. The monoisotopic (exact) mass is 294 g/mol. The second-order valence-electron chi connectivity index (χ2n) is 7.10. The van der Waals surface area contributed by atoms with Crippen molar-refractivity contribution in [3.05, 3.63) is 0 Å². The van der Waals surface area contributed by atoms with Gasteiger partial charge in [-0.2, -0.15) is 0 Å². The van der Waals surface area contributed by atoms with E-state index in [2.05, 4.69) is 27.5 Å². The molecule has 0 aromatic rings. The Morgan fingerprint density at radius 3 is 2.81 bits per heavy atom. The Kier molecular flexibility index (Phi) is 5.14. The molecule has 3 aliphatic rings. The molecule has 3 rings (SSSR count). The first-order valence-corrected chi connectivity index (χ1v) is 8.66. The predicted octanol–water partition coefficient (Wildman–Crippen LogP) is 0.271. The summed E-state index contributed by atoms with van der Waals surface area (Å²) in [7, 11) is 2.22. The van der Waals surface area contributed by atoms with E-state index >= 15 is 0 Å². The van der Waals surface area contributed by atoms with Crippen LogP contribution in [-0.2, 0) is 4.79 Å². The topological polar surface area (TPSA) is 47.6 Å². The molecule has 5 nitrogen and oxygen atoms in total. The third kappa shape index (κ3) is 3.96. The molecule has 0 saturated carbocycles. The van der Waals surface area contributed by atoms with E-state index in [4.69, 9.17) is 0 Å². The zero-order chi connectivity index (χ0) is 14.7. The lowest BCUT2D eigenvalue weighted by atomic mass is 9.96. The summed E-state index contributed by atoms with van der Waals surface area (Å²) < 4.78 is 0. The van der Waals surface area contributed by atoms with Gasteiger partial charge in [0.1, 0.15) is 0 Å². The van der Waals surface area contributed by atoms with Crippen molar-refractivity contribution in [3.8, 4) is 0 Å². The summed E-state index contributed by atoms with van der Waals surface area (Å²) in [6.45, 7) is 6.70. The highest BCUT2D eigenvalue weighted by atomic mass is 16.2. The lowest BCUT2D eigenvalue weighted by molar-refractivity contribution is -0.123. The fraction of sp³-hybridized carbons (Fsp3) is 0.938. The molecule has 3 saturated heterocycles. The summed E-state index contributed by atoms with van der Waals surface area (Å²) in [6, 6.07) is 0.804. The van der Waals surface area contributed by atoms with Gasteiger partial charge in [-0.05, 0) is 64.7 Å². The van der Waals surface area contributed by atoms with Crippen LogP contribution in [0.4, 0.5) is 0 Å². The number of amides is 1. The molecule has 3 atom stereocenters. The van der Waals surface area contributed by atoms with E-state index in [-0.39, 0.29) is 11.9 Å². The lowest BCUT2D eigenvalue weighted by Crippen LogP contribution is -2.48. The van der Waals surface area contributed by atoms with E-state index in [1.54, 1.807) is 0 Å². The number of nitrogens with one attached hydrogen (secondary N) is 2. The SMILES string of the molecule is CN1CCC(N2CCCC(CNC(=O)C3CCCN3)C2)C1. The standard InChI is InChI=1S/C16H30N4O/c1-19-9-6-14(12-19)20-8-3-4-13(11-20)10-18-16(21)15-5-2-7-17-15/h13-15,17H,2-12H2,1H3,(H,18,21). The second kappa shape index (κ2) is 7.07. The number of likely N-dealkylation sites (N-methyl/N-ethyl adjacent to an activating group) is 1. The van der Waals surface area contributed by atoms with Crippen LogP contribution < -0.4 is 10.6 Å². The summed E-state index contributed by atoms with van der Waals surface area (Å²) in [6.07, 6.45) is 5.98. The number of carbonyl (C=O) groups is 1. The number of likely N-dealkylation sites (tertiary alicyclic amines) is 2. The zero-order valence-corrected chi connectivity index (χ0v) is 13.3. The molecule has 0 spiro atoms. The van der Waals surface area contributed by atoms with Crippen LogP contribution in [0.15, 0.2) is 0 Å². The first kappa shape index (κ1) is 15.3. The maximum Gasteiger partial charge on any atom is 0.237 e. The van der Waals surface area contributed by atoms with Crippen molar-refractivity contribution >= 4 is 5.91 Å². The summed E-state index contributed by atoms with van der Waals surface area (Å²) >= 11 is 0. The van der Waals surface area contributed by atoms with Gasteiger partial charge in [0.25, 0.3) is 0 Å². The molecule has 3 aliphatic heterocycles. The first-order chi connectivity index (χ1) is 10.2. The molecule has 3 unspecified atom stereocenters. The highest BCUT2D eigenvalue weighted by Gasteiger charge is 2.30. The van der Waals surface area contributed by atoms with Crippen molar-refractivity contribution in [1.29, 1.82) is 0 Å². The van der Waals surface area contributed by atoms with E-state index in [0.29, 0.717) is 5.92 Å². The Morgan fingerprint density at radius 2 is 2.10 bits per heavy atom. The molecule has 0 aliphatic carbocycles. The number of hydrogen-bond acceptors (Lipinski definition) is 4. The van der Waals surface area contributed by atoms with Crippen molar-refractivity contribution in [2.24, 2.45) is 5.92 Å². The zero-order valence-electron chi connectivity index (χ0n) is 13.3. The third-order valence-electron chi connectivity index (χ3n) is 5.38. The molecule has 1 amide bonds. The van der Waals surface area contributed by atoms with Gasteiger partial charge in [0, 0.05) is 25.7 Å². The van der Waals surface area contributed by atoms with Crippen LogP contribution in [0.2, 0.25) is 0 Å². The van der Waals surface area contributed by atoms with Crippen molar-refractivity contribution in [2.75, 3.05) is 46.3 Å². The summed E-state index contributed by atoms with van der Waals surface area (Å²) in [5, 5.41) is 6.45. The minimum Gasteiger partial charge on any atom is -0.354 e. The number of nitrogens with zero attached hydrogens (tertiary/aromatic N) is 2. The van der Waals surface area contributed by atoms with Gasteiger partial charge in [-0.25, -0.2) is 0 Å². The van der Waals surface area contributed by atoms with E-state index in [1.807, 2.05) is 0 Å². The summed E-state index contributed by atoms with van der Waals surface area (Å²) in [5.74, 6) is 0.847. The Bertz CT molecular complexity index is 356. The molecular weight excluding hydrogens is 264 g/mol. The normalized spacial score (nSPS) is 35.2. The Labute approximate surface area is 128 Å². The minimum absolute atomic E-state index is 0.0631. The van der Waals surface area contributed by atoms with E-state index < -0.39 is 0 Å². The highest BCUT2D eigenvalue weighted by molar-refractivity contribution is 5.81. The largest absolute Gasteiger partial charge is 0.354 e. The summed E-state index contributed by atoms with van der Waals surface area (Å²) in [4.78, 5) is 17.2. The van der Waals surface area contributed by atoms with Gasteiger partial charge < -0.3 is 15.5 Å². The van der Waals surface area contributed by atoms with E-state index in [9.17, 15) is 4.79 Å². The molecule has 2 N–H and O–H groups in total. The van der Waals surface area contributed by atoms with Crippen LogP contribution in [0.1, 0.15) is 32.1 Å². The Hall–Kier alpha value is -0.650. The van der Waals surface area contributed by atoms with Crippen molar-refractivity contribution in [3.63, 3.8) is 0 Å². The number of carbonyl (C=O) groups excluding carboxylic acids is 1. The molecule has 5 heteroatoms. The second-order valence-corrected chi connectivity index (χ2v) is 7.10. The minimum atomic E-state index is 0.0631. The molecule has 0 bridgehead atoms. The molecule has 3 fully saturated rings. The van der Waals surface area contributed by atoms with Crippen molar-refractivity contribution in [2.45, 2.75) is 44.2 Å². The number of rotatable bonds is 4. The fourth-order valence-electron chi connectivity index (χ4n) is 4.08. The van der Waals surface area contributed by atoms with Crippen LogP contribution in [0.3, 0.4) is 0 Å². The van der Waals surface area contributed by atoms with Crippen LogP contribution in [-0.4, -0.2) is 74.1 Å². The van der Waals surface area contributed by atoms with Gasteiger partial charge in [-0.3, -0.25) is 9.69 Å². The maximum atomic E-state index is 12.1. The average molecular weight is 294 g/mol. The molecule has 3 heterocycles. The Morgan fingerprint density at radius 1 is 1.19 bits per heavy atom. The third-order valence-corrected chi connectivity index (χ3v) is 5.38. The number of hydrogen-bond donors (Lipinski definition) is 2. The maximum absolute atomic E-state index is 12.1. The van der Waals surface area contributed by atoms with Gasteiger partial charge in [0.05, 0.1) is 6.04 Å². The van der Waals surface area contributed by atoms with E-state index in [1.165, 1.54) is 38.9 Å². The van der Waals surface area contributed by atoms with Gasteiger partial charge in [-0.15, -0.1) is 0 Å². The predicted molar refractivity (Wildman–Crippen MR) is 84.2 cm³/mol. The molecule has 21 heavy (non-hydrogen) atoms. The molecule has 0 radical (unpaired) electrons. The van der Waals surface area contributed by atoms with Gasteiger partial charge in [0.15, 0.2) is 0 Å². The quantitative estimate of drug-likeness (QED) is 0.781. The lowest BCUT2D eigenvalue weighted by Gasteiger charge is -2.36. The molecular formula is C16H30N4O. The molecule has 0 aromatic heterocycles. The van der Waals surface area contributed by atoms with Crippen LogP contribution in [0.25, 0.3) is 0 Å². The van der Waals surface area contributed by atoms with Gasteiger partial charge >= 0.3 is 0 Å². The number of piperidine rings is 1. The van der Waals surface area contributed by atoms with Crippen LogP contribution in [0, 0.1) is 5.92 Å². The highest BCUT2D eigenvalue weighted by Crippen LogP contribution is 2.22.